The summed E-state index contributed by atoms with van der Waals surface area (Å²) < 4.78 is 33.6. The second-order valence-corrected chi connectivity index (χ2v) is 10.6. The number of rotatable bonds is 6. The lowest BCUT2D eigenvalue weighted by atomic mass is 9.99. The first-order valence-corrected chi connectivity index (χ1v) is 12.6. The molecule has 10 heteroatoms. The van der Waals surface area contributed by atoms with E-state index in [9.17, 15) is 13.2 Å². The second kappa shape index (κ2) is 9.35. The highest BCUT2D eigenvalue weighted by molar-refractivity contribution is 7.89. The lowest BCUT2D eigenvalue weighted by Gasteiger charge is -2.31. The van der Waals surface area contributed by atoms with Crippen LogP contribution in [0.5, 0.6) is 0 Å². The fourth-order valence-corrected chi connectivity index (χ4v) is 6.01. The summed E-state index contributed by atoms with van der Waals surface area (Å²) in [4.78, 5) is 18.0. The first kappa shape index (κ1) is 22.4. The molecule has 1 aliphatic heterocycles. The molecule has 8 nitrogen and oxygen atoms in total. The monoisotopic (exact) mass is 472 g/mol. The molecule has 1 saturated heterocycles. The topological polar surface area (TPSA) is 105 Å². The molecule has 4 heterocycles. The molecule has 1 amide bonds. The molecular formula is C22H24N4O4S2. The summed E-state index contributed by atoms with van der Waals surface area (Å²) in [6.07, 6.45) is 6.29. The van der Waals surface area contributed by atoms with Crippen molar-refractivity contribution in [3.8, 4) is 0 Å². The maximum atomic E-state index is 13.5. The van der Waals surface area contributed by atoms with Crippen molar-refractivity contribution in [1.29, 1.82) is 0 Å². The molecule has 0 spiro atoms. The number of nitrogens with zero attached hydrogens (tertiary/aromatic N) is 3. The minimum absolute atomic E-state index is 0.0477. The van der Waals surface area contributed by atoms with Gasteiger partial charge in [0, 0.05) is 24.2 Å². The van der Waals surface area contributed by atoms with Crippen LogP contribution in [0.15, 0.2) is 45.3 Å². The van der Waals surface area contributed by atoms with E-state index in [4.69, 9.17) is 4.52 Å². The summed E-state index contributed by atoms with van der Waals surface area (Å²) in [5.41, 5.74) is 1.29. The van der Waals surface area contributed by atoms with Crippen LogP contribution in [-0.4, -0.2) is 41.9 Å². The van der Waals surface area contributed by atoms with E-state index in [1.807, 2.05) is 30.5 Å². The maximum absolute atomic E-state index is 13.5. The largest absolute Gasteiger partial charge is 0.355 e. The van der Waals surface area contributed by atoms with Gasteiger partial charge < -0.3 is 9.84 Å². The Morgan fingerprint density at radius 1 is 1.28 bits per heavy atom. The molecule has 4 rings (SSSR count). The molecule has 0 radical (unpaired) electrons. The van der Waals surface area contributed by atoms with Crippen LogP contribution >= 0.6 is 11.3 Å². The molecule has 3 aromatic heterocycles. The highest BCUT2D eigenvalue weighted by Gasteiger charge is 2.37. The van der Waals surface area contributed by atoms with Gasteiger partial charge in [-0.3, -0.25) is 4.79 Å². The number of sulfonamides is 1. The minimum Gasteiger partial charge on any atom is -0.355 e. The number of aryl methyl sites for hydroxylation is 2. The summed E-state index contributed by atoms with van der Waals surface area (Å²) in [5.74, 6) is -0.0594. The van der Waals surface area contributed by atoms with Gasteiger partial charge in [-0.2, -0.15) is 4.31 Å². The Kier molecular flexibility index (Phi) is 6.54. The lowest BCUT2D eigenvalue weighted by molar-refractivity contribution is -0.120. The highest BCUT2D eigenvalue weighted by Crippen LogP contribution is 2.30. The number of thiophene rings is 1. The summed E-state index contributed by atoms with van der Waals surface area (Å²) in [5, 5.41) is 8.61. The normalized spacial score (nSPS) is 17.6. The first-order valence-electron chi connectivity index (χ1n) is 10.3. The average Bonchev–Trinajstić information content (AvgIpc) is 3.43. The van der Waals surface area contributed by atoms with Crippen LogP contribution in [0.2, 0.25) is 0 Å². The Morgan fingerprint density at radius 3 is 2.84 bits per heavy atom. The molecule has 1 aliphatic rings. The van der Waals surface area contributed by atoms with Gasteiger partial charge >= 0.3 is 0 Å². The van der Waals surface area contributed by atoms with Crippen molar-refractivity contribution >= 4 is 45.2 Å². The van der Waals surface area contributed by atoms with Crippen molar-refractivity contribution < 1.29 is 17.7 Å². The van der Waals surface area contributed by atoms with Crippen molar-refractivity contribution in [2.45, 2.75) is 31.6 Å². The summed E-state index contributed by atoms with van der Waals surface area (Å²) in [6.45, 7) is 3.96. The number of aromatic nitrogens is 2. The molecule has 0 saturated carbocycles. The Bertz CT molecular complexity index is 1220. The number of piperidine rings is 1. The third kappa shape index (κ3) is 4.82. The smallest absolute Gasteiger partial charge is 0.248 e. The Balaban J connectivity index is 1.52. The number of hydrogen-bond acceptors (Lipinski definition) is 7. The second-order valence-electron chi connectivity index (χ2n) is 7.72. The van der Waals surface area contributed by atoms with Crippen molar-refractivity contribution in [3.63, 3.8) is 0 Å². The van der Waals surface area contributed by atoms with Gasteiger partial charge in [-0.05, 0) is 61.9 Å². The van der Waals surface area contributed by atoms with Crippen LogP contribution in [0.3, 0.4) is 0 Å². The SMILES string of the molecule is Cc1ccc(NC(=O)[C@H]2CCCN(S(=O)(=O)c3c(C)noc3/C=C/c3cccs3)C2)nc1. The Morgan fingerprint density at radius 2 is 2.12 bits per heavy atom. The average molecular weight is 473 g/mol. The van der Waals surface area contributed by atoms with Crippen LogP contribution in [0, 0.1) is 19.8 Å². The van der Waals surface area contributed by atoms with E-state index in [-0.39, 0.29) is 23.1 Å². The summed E-state index contributed by atoms with van der Waals surface area (Å²) in [6, 6.07) is 7.44. The van der Waals surface area contributed by atoms with E-state index in [0.717, 1.165) is 10.4 Å². The molecular weight excluding hydrogens is 448 g/mol. The van der Waals surface area contributed by atoms with Gasteiger partial charge in [-0.15, -0.1) is 11.3 Å². The van der Waals surface area contributed by atoms with Crippen LogP contribution in [0.4, 0.5) is 5.82 Å². The van der Waals surface area contributed by atoms with Crippen molar-refractivity contribution in [2.75, 3.05) is 18.4 Å². The molecule has 3 aromatic rings. The third-order valence-electron chi connectivity index (χ3n) is 5.29. The predicted molar refractivity (Wildman–Crippen MR) is 124 cm³/mol. The number of anilines is 1. The molecule has 0 unspecified atom stereocenters. The zero-order valence-electron chi connectivity index (χ0n) is 17.8. The molecule has 168 valence electrons. The van der Waals surface area contributed by atoms with Crippen LogP contribution in [0.25, 0.3) is 12.2 Å². The van der Waals surface area contributed by atoms with Gasteiger partial charge in [-0.25, -0.2) is 13.4 Å². The maximum Gasteiger partial charge on any atom is 0.248 e. The number of amides is 1. The van der Waals surface area contributed by atoms with Gasteiger partial charge in [0.25, 0.3) is 0 Å². The van der Waals surface area contributed by atoms with E-state index in [2.05, 4.69) is 15.5 Å². The first-order chi connectivity index (χ1) is 15.3. The molecule has 1 atom stereocenters. The predicted octanol–water partition coefficient (Wildman–Crippen LogP) is 3.96. The Hall–Kier alpha value is -2.82. The van der Waals surface area contributed by atoms with Gasteiger partial charge in [-0.1, -0.05) is 17.3 Å². The molecule has 32 heavy (non-hydrogen) atoms. The Labute approximate surface area is 191 Å². The van der Waals surface area contributed by atoms with Gasteiger partial charge in [0.1, 0.15) is 11.5 Å². The van der Waals surface area contributed by atoms with E-state index >= 15 is 0 Å². The quantitative estimate of drug-likeness (QED) is 0.582. The van der Waals surface area contributed by atoms with E-state index < -0.39 is 15.9 Å². The van der Waals surface area contributed by atoms with Crippen LogP contribution in [-0.2, 0) is 14.8 Å². The van der Waals surface area contributed by atoms with Gasteiger partial charge in [0.2, 0.25) is 15.9 Å². The zero-order valence-corrected chi connectivity index (χ0v) is 19.4. The van der Waals surface area contributed by atoms with E-state index in [0.29, 0.717) is 30.9 Å². The lowest BCUT2D eigenvalue weighted by Crippen LogP contribution is -2.44. The highest BCUT2D eigenvalue weighted by atomic mass is 32.2. The molecule has 0 bridgehead atoms. The van der Waals surface area contributed by atoms with Crippen LogP contribution < -0.4 is 5.32 Å². The number of hydrogen-bond donors (Lipinski definition) is 1. The zero-order chi connectivity index (χ0) is 22.7. The molecule has 1 fully saturated rings. The van der Waals surface area contributed by atoms with E-state index in [1.165, 1.54) is 15.6 Å². The summed E-state index contributed by atoms with van der Waals surface area (Å²) >= 11 is 1.54. The fraction of sp³-hybridized carbons (Fsp3) is 0.318. The van der Waals surface area contributed by atoms with E-state index in [1.54, 1.807) is 31.3 Å². The van der Waals surface area contributed by atoms with Crippen molar-refractivity contribution in [3.05, 3.63) is 57.7 Å². The third-order valence-corrected chi connectivity index (χ3v) is 8.15. The molecule has 1 N–H and O–H groups in total. The fourth-order valence-electron chi connectivity index (χ4n) is 3.62. The summed E-state index contributed by atoms with van der Waals surface area (Å²) in [7, 11) is -3.88. The number of pyridine rings is 1. The van der Waals surface area contributed by atoms with Crippen LogP contribution in [0.1, 0.15) is 34.7 Å². The van der Waals surface area contributed by atoms with Crippen molar-refractivity contribution in [1.82, 2.24) is 14.4 Å². The number of carbonyl (C=O) groups is 1. The molecule has 0 aromatic carbocycles. The van der Waals surface area contributed by atoms with Gasteiger partial charge in [0.15, 0.2) is 10.7 Å². The standard InChI is InChI=1S/C22H24N4O4S2/c1-15-7-10-20(23-13-15)24-22(27)17-5-3-11-26(14-17)32(28,29)21-16(2)25-30-19(21)9-8-18-6-4-12-31-18/h4,6-10,12-13,17H,3,5,11,14H2,1-2H3,(H,23,24,27)/b9-8+/t17-/m0/s1. The van der Waals surface area contributed by atoms with Crippen molar-refractivity contribution in [2.24, 2.45) is 5.92 Å². The minimum atomic E-state index is -3.88. The number of nitrogens with one attached hydrogen (secondary N) is 1. The van der Waals surface area contributed by atoms with Gasteiger partial charge in [0.05, 0.1) is 5.92 Å². The number of carbonyl (C=O) groups excluding carboxylic acids is 1. The molecule has 0 aliphatic carbocycles.